The van der Waals surface area contributed by atoms with E-state index in [4.69, 9.17) is 30.6 Å². The van der Waals surface area contributed by atoms with Crippen molar-refractivity contribution in [3.63, 3.8) is 0 Å². The molecule has 27 heavy (non-hydrogen) atoms. The highest BCUT2D eigenvalue weighted by molar-refractivity contribution is 5.72. The summed E-state index contributed by atoms with van der Waals surface area (Å²) in [7, 11) is 0. The minimum atomic E-state index is -2.20. The van der Waals surface area contributed by atoms with Crippen molar-refractivity contribution in [3.8, 4) is 0 Å². The summed E-state index contributed by atoms with van der Waals surface area (Å²) in [6.07, 6.45) is -1.66. The molecule has 0 aromatic rings. The molecule has 0 rings (SSSR count). The third kappa shape index (κ3) is 16.1. The van der Waals surface area contributed by atoms with E-state index in [2.05, 4.69) is 35.3 Å². The summed E-state index contributed by atoms with van der Waals surface area (Å²) in [6.45, 7) is 9.99. The van der Waals surface area contributed by atoms with Gasteiger partial charge in [0.15, 0.2) is 6.10 Å². The second kappa shape index (κ2) is 19.0. The fourth-order valence-electron chi connectivity index (χ4n) is 1.66. The molecule has 0 aliphatic carbocycles. The van der Waals surface area contributed by atoms with Crippen LogP contribution in [0.2, 0.25) is 0 Å². The highest BCUT2D eigenvalue weighted by Crippen LogP contribution is 2.04. The summed E-state index contributed by atoms with van der Waals surface area (Å²) < 4.78 is 0. The largest absolute Gasteiger partial charge is 0.479 e. The molecule has 4 atom stereocenters. The van der Waals surface area contributed by atoms with Crippen LogP contribution in [-0.4, -0.2) is 93.8 Å². The van der Waals surface area contributed by atoms with E-state index >= 15 is 0 Å². The smallest absolute Gasteiger partial charge is 0.335 e. The lowest BCUT2D eigenvalue weighted by atomic mass is 10.0. The van der Waals surface area contributed by atoms with Gasteiger partial charge in [0.2, 0.25) is 0 Å². The van der Waals surface area contributed by atoms with Gasteiger partial charge in [0.1, 0.15) is 18.3 Å². The maximum absolute atomic E-state index is 10.1. The van der Waals surface area contributed by atoms with Gasteiger partial charge in [0.05, 0.1) is 6.61 Å². The average Bonchev–Trinajstić information content (AvgIpc) is 2.67. The molecule has 0 heterocycles. The van der Waals surface area contributed by atoms with E-state index in [1.54, 1.807) is 0 Å². The Morgan fingerprint density at radius 3 is 1.70 bits per heavy atom. The minimum Gasteiger partial charge on any atom is -0.479 e. The van der Waals surface area contributed by atoms with Gasteiger partial charge < -0.3 is 41.3 Å². The normalized spacial score (nSPS) is 14.4. The maximum atomic E-state index is 10.1. The van der Waals surface area contributed by atoms with Crippen LogP contribution in [0.1, 0.15) is 12.8 Å². The molecule has 0 radical (unpaired) electrons. The lowest BCUT2D eigenvalue weighted by molar-refractivity contribution is -0.164. The van der Waals surface area contributed by atoms with E-state index < -0.39 is 37.0 Å². The molecule has 0 spiro atoms. The topological polar surface area (TPSA) is 163 Å². The van der Waals surface area contributed by atoms with E-state index in [0.717, 1.165) is 26.2 Å². The number of hydrogen-bond acceptors (Lipinski definition) is 8. The van der Waals surface area contributed by atoms with E-state index in [1.165, 1.54) is 12.8 Å². The third-order valence-electron chi connectivity index (χ3n) is 3.25. The molecule has 0 amide bonds. The Labute approximate surface area is 159 Å². The summed E-state index contributed by atoms with van der Waals surface area (Å²) in [6, 6.07) is 0. The van der Waals surface area contributed by atoms with Gasteiger partial charge in [0.25, 0.3) is 0 Å². The monoisotopic (exact) mass is 388 g/mol. The highest BCUT2D eigenvalue weighted by Gasteiger charge is 2.33. The van der Waals surface area contributed by atoms with Gasteiger partial charge in [-0.05, 0) is 38.1 Å². The molecule has 0 aromatic carbocycles. The van der Waals surface area contributed by atoms with E-state index in [0.29, 0.717) is 0 Å². The third-order valence-corrected chi connectivity index (χ3v) is 3.25. The summed E-state index contributed by atoms with van der Waals surface area (Å²) in [4.78, 5) is 10.1. The highest BCUT2D eigenvalue weighted by atomic mass is 16.4. The Bertz CT molecular complexity index is 450. The number of hydrogen-bond donors (Lipinski definition) is 8. The number of rotatable bonds is 14. The SMILES string of the molecule is C=C=CCNCCCCNCC=C=C.O=C(O)[C@H](O)[C@@H](O)[C@H](O)[C@H](O)CO. The standard InChI is InChI=1S/C12H20N2.C6H12O7/c1-3-5-9-13-11-7-8-12-14-10-6-4-2;7-1-2(8)3(9)4(10)5(11)6(12)13/h5-6,13-14H,1-2,7-12H2;2-5,7-11H,1H2,(H,12,13)/t;2-,3-,4+,5-/m.1/s1. The van der Waals surface area contributed by atoms with Crippen molar-refractivity contribution in [1.82, 2.24) is 10.6 Å². The zero-order chi connectivity index (χ0) is 21.1. The zero-order valence-electron chi connectivity index (χ0n) is 15.4. The Kier molecular flexibility index (Phi) is 19.3. The predicted octanol–water partition coefficient (Wildman–Crippen LogP) is -1.87. The molecule has 0 saturated carbocycles. The van der Waals surface area contributed by atoms with E-state index in [9.17, 15) is 4.79 Å². The summed E-state index contributed by atoms with van der Waals surface area (Å²) in [5.41, 5.74) is 5.45. The van der Waals surface area contributed by atoms with Crippen molar-refractivity contribution < 1.29 is 35.4 Å². The first-order valence-electron chi connectivity index (χ1n) is 8.49. The molecule has 0 fully saturated rings. The van der Waals surface area contributed by atoms with Crippen molar-refractivity contribution in [2.45, 2.75) is 37.3 Å². The second-order valence-corrected chi connectivity index (χ2v) is 5.45. The van der Waals surface area contributed by atoms with Gasteiger partial charge in [-0.25, -0.2) is 4.79 Å². The van der Waals surface area contributed by atoms with Crippen molar-refractivity contribution in [1.29, 1.82) is 0 Å². The zero-order valence-corrected chi connectivity index (χ0v) is 15.4. The number of aliphatic carboxylic acids is 1. The lowest BCUT2D eigenvalue weighted by Gasteiger charge is -2.23. The molecule has 0 unspecified atom stereocenters. The first-order chi connectivity index (χ1) is 12.8. The second-order valence-electron chi connectivity index (χ2n) is 5.45. The Morgan fingerprint density at radius 2 is 1.37 bits per heavy atom. The number of carbonyl (C=O) groups is 1. The van der Waals surface area contributed by atoms with Gasteiger partial charge >= 0.3 is 5.97 Å². The van der Waals surface area contributed by atoms with Crippen LogP contribution in [0, 0.1) is 0 Å². The Morgan fingerprint density at radius 1 is 0.926 bits per heavy atom. The summed E-state index contributed by atoms with van der Waals surface area (Å²) in [5.74, 6) is -1.73. The summed E-state index contributed by atoms with van der Waals surface area (Å²) >= 11 is 0. The Hall–Kier alpha value is -1.77. The average molecular weight is 388 g/mol. The van der Waals surface area contributed by atoms with Crippen molar-refractivity contribution in [2.75, 3.05) is 32.8 Å². The van der Waals surface area contributed by atoms with E-state index in [1.807, 2.05) is 12.2 Å². The first kappa shape index (κ1) is 27.4. The molecule has 0 aromatic heterocycles. The van der Waals surface area contributed by atoms with Crippen LogP contribution in [0.3, 0.4) is 0 Å². The van der Waals surface area contributed by atoms with Crippen LogP contribution in [0.25, 0.3) is 0 Å². The van der Waals surface area contributed by atoms with Crippen molar-refractivity contribution >= 4 is 5.97 Å². The maximum Gasteiger partial charge on any atom is 0.335 e. The van der Waals surface area contributed by atoms with Crippen LogP contribution in [0.15, 0.2) is 36.8 Å². The van der Waals surface area contributed by atoms with E-state index in [-0.39, 0.29) is 0 Å². The van der Waals surface area contributed by atoms with Gasteiger partial charge in [0, 0.05) is 13.1 Å². The summed E-state index contributed by atoms with van der Waals surface area (Å²) in [5, 5.41) is 58.4. The fraction of sp³-hybridized carbons (Fsp3) is 0.611. The Balaban J connectivity index is 0. The molecule has 156 valence electrons. The number of aliphatic hydroxyl groups is 5. The first-order valence-corrected chi connectivity index (χ1v) is 8.49. The molecule has 0 bridgehead atoms. The van der Waals surface area contributed by atoms with Crippen LogP contribution in [-0.2, 0) is 4.79 Å². The van der Waals surface area contributed by atoms with Crippen LogP contribution in [0.5, 0.6) is 0 Å². The number of unbranched alkanes of at least 4 members (excludes halogenated alkanes) is 1. The molecule has 9 nitrogen and oxygen atoms in total. The van der Waals surface area contributed by atoms with Crippen LogP contribution < -0.4 is 10.6 Å². The molecule has 0 aliphatic rings. The number of nitrogens with one attached hydrogen (secondary N) is 2. The molecule has 0 saturated heterocycles. The van der Waals surface area contributed by atoms with Crippen LogP contribution >= 0.6 is 0 Å². The van der Waals surface area contributed by atoms with Crippen LogP contribution in [0.4, 0.5) is 0 Å². The molecular weight excluding hydrogens is 356 g/mol. The molecule has 9 heteroatoms. The number of carboxylic acid groups (broad SMARTS) is 1. The molecular formula is C18H32N2O7. The minimum absolute atomic E-state index is 0.843. The predicted molar refractivity (Wildman–Crippen MR) is 101 cm³/mol. The fourth-order valence-corrected chi connectivity index (χ4v) is 1.66. The lowest BCUT2D eigenvalue weighted by Crippen LogP contribution is -2.48. The van der Waals surface area contributed by atoms with Crippen molar-refractivity contribution in [2.24, 2.45) is 0 Å². The number of carboxylic acids is 1. The quantitative estimate of drug-likeness (QED) is 0.126. The van der Waals surface area contributed by atoms with Gasteiger partial charge in [-0.3, -0.25) is 0 Å². The number of aliphatic hydroxyl groups excluding tert-OH is 5. The van der Waals surface area contributed by atoms with Crippen molar-refractivity contribution in [3.05, 3.63) is 36.8 Å². The van der Waals surface area contributed by atoms with Gasteiger partial charge in [-0.15, -0.1) is 11.5 Å². The molecule has 0 aliphatic heterocycles. The van der Waals surface area contributed by atoms with Gasteiger partial charge in [-0.1, -0.05) is 13.2 Å². The van der Waals surface area contributed by atoms with Gasteiger partial charge in [-0.2, -0.15) is 0 Å². The molecule has 8 N–H and O–H groups in total.